The van der Waals surface area contributed by atoms with E-state index in [0.717, 1.165) is 0 Å². The summed E-state index contributed by atoms with van der Waals surface area (Å²) in [4.78, 5) is 27.1. The average molecular weight is 247 g/mol. The number of hydrogen-bond donors (Lipinski definition) is 1. The zero-order chi connectivity index (χ0) is 13.3. The standard InChI is InChI=1S/C12H13N3O3/c1-7(2)18-9-4-3-5-15-11(9)14-6-8(10(13)16)12(15)17/h3-7H,1-2H3,(H2,13,16). The van der Waals surface area contributed by atoms with Crippen LogP contribution in [0.5, 0.6) is 5.75 Å². The number of nitrogens with two attached hydrogens (primary N) is 1. The molecule has 0 bridgehead atoms. The number of hydrogen-bond acceptors (Lipinski definition) is 4. The van der Waals surface area contributed by atoms with Crippen molar-refractivity contribution in [3.8, 4) is 5.75 Å². The van der Waals surface area contributed by atoms with Crippen molar-refractivity contribution in [2.24, 2.45) is 5.73 Å². The second-order valence-electron chi connectivity index (χ2n) is 4.07. The summed E-state index contributed by atoms with van der Waals surface area (Å²) in [5.74, 6) is -0.308. The Kier molecular flexibility index (Phi) is 3.01. The zero-order valence-electron chi connectivity index (χ0n) is 10.1. The first-order valence-corrected chi connectivity index (χ1v) is 5.47. The van der Waals surface area contributed by atoms with E-state index < -0.39 is 11.5 Å². The number of carbonyl (C=O) groups excluding carboxylic acids is 1. The molecule has 0 saturated heterocycles. The third-order valence-electron chi connectivity index (χ3n) is 2.32. The maximum absolute atomic E-state index is 12.0. The van der Waals surface area contributed by atoms with Gasteiger partial charge in [0.2, 0.25) is 0 Å². The van der Waals surface area contributed by atoms with Gasteiger partial charge in [0, 0.05) is 12.4 Å². The van der Waals surface area contributed by atoms with Crippen LogP contribution in [0.25, 0.3) is 5.65 Å². The van der Waals surface area contributed by atoms with Crippen molar-refractivity contribution in [2.45, 2.75) is 20.0 Å². The topological polar surface area (TPSA) is 86.7 Å². The Labute approximate surface area is 103 Å². The molecule has 2 rings (SSSR count). The molecule has 0 unspecified atom stereocenters. The van der Waals surface area contributed by atoms with E-state index in [4.69, 9.17) is 10.5 Å². The van der Waals surface area contributed by atoms with Crippen LogP contribution in [0, 0.1) is 0 Å². The van der Waals surface area contributed by atoms with E-state index in [1.54, 1.807) is 12.1 Å². The molecule has 0 aliphatic heterocycles. The molecular formula is C12H13N3O3. The number of rotatable bonds is 3. The van der Waals surface area contributed by atoms with Gasteiger partial charge in [-0.15, -0.1) is 0 Å². The Morgan fingerprint density at radius 3 is 2.83 bits per heavy atom. The van der Waals surface area contributed by atoms with E-state index in [9.17, 15) is 9.59 Å². The Morgan fingerprint density at radius 1 is 1.50 bits per heavy atom. The van der Waals surface area contributed by atoms with Crippen LogP contribution in [-0.2, 0) is 0 Å². The maximum Gasteiger partial charge on any atom is 0.270 e. The Morgan fingerprint density at radius 2 is 2.22 bits per heavy atom. The molecule has 94 valence electrons. The van der Waals surface area contributed by atoms with Crippen molar-refractivity contribution in [2.75, 3.05) is 0 Å². The van der Waals surface area contributed by atoms with Gasteiger partial charge < -0.3 is 10.5 Å². The van der Waals surface area contributed by atoms with Gasteiger partial charge in [-0.05, 0) is 26.0 Å². The summed E-state index contributed by atoms with van der Waals surface area (Å²) in [6.07, 6.45) is 2.65. The third kappa shape index (κ3) is 2.04. The molecule has 0 spiro atoms. The minimum absolute atomic E-state index is 0.0380. The smallest absolute Gasteiger partial charge is 0.270 e. The van der Waals surface area contributed by atoms with E-state index >= 15 is 0 Å². The molecule has 1 amide bonds. The Balaban J connectivity index is 2.70. The summed E-state index contributed by atoms with van der Waals surface area (Å²) in [6.45, 7) is 3.75. The molecule has 0 atom stereocenters. The third-order valence-corrected chi connectivity index (χ3v) is 2.32. The molecule has 0 aliphatic rings. The van der Waals surface area contributed by atoms with Crippen LogP contribution in [0.4, 0.5) is 0 Å². The van der Waals surface area contributed by atoms with Crippen molar-refractivity contribution < 1.29 is 9.53 Å². The quantitative estimate of drug-likeness (QED) is 0.859. The van der Waals surface area contributed by atoms with E-state index in [1.807, 2.05) is 13.8 Å². The molecule has 0 fully saturated rings. The SMILES string of the molecule is CC(C)Oc1cccn2c(=O)c(C(N)=O)cnc12. The molecular weight excluding hydrogens is 234 g/mol. The minimum atomic E-state index is -0.794. The van der Waals surface area contributed by atoms with Crippen molar-refractivity contribution >= 4 is 11.6 Å². The van der Waals surface area contributed by atoms with Crippen LogP contribution in [0.15, 0.2) is 29.3 Å². The molecule has 2 aromatic heterocycles. The lowest BCUT2D eigenvalue weighted by atomic mass is 10.3. The highest BCUT2D eigenvalue weighted by Crippen LogP contribution is 2.17. The number of fused-ring (bicyclic) bond motifs is 1. The summed E-state index contributed by atoms with van der Waals surface area (Å²) in [5, 5.41) is 0. The number of aromatic nitrogens is 2. The highest BCUT2D eigenvalue weighted by Gasteiger charge is 2.12. The lowest BCUT2D eigenvalue weighted by Crippen LogP contribution is -2.27. The summed E-state index contributed by atoms with van der Waals surface area (Å²) >= 11 is 0. The fourth-order valence-corrected chi connectivity index (χ4v) is 1.60. The van der Waals surface area contributed by atoms with Crippen LogP contribution >= 0.6 is 0 Å². The highest BCUT2D eigenvalue weighted by atomic mass is 16.5. The molecule has 6 nitrogen and oxygen atoms in total. The molecule has 18 heavy (non-hydrogen) atoms. The van der Waals surface area contributed by atoms with Crippen LogP contribution in [0.3, 0.4) is 0 Å². The van der Waals surface area contributed by atoms with Crippen molar-refractivity contribution in [3.05, 3.63) is 40.4 Å². The molecule has 2 heterocycles. The fourth-order valence-electron chi connectivity index (χ4n) is 1.60. The first kappa shape index (κ1) is 12.1. The first-order valence-electron chi connectivity index (χ1n) is 5.47. The van der Waals surface area contributed by atoms with Gasteiger partial charge in [0.1, 0.15) is 5.56 Å². The van der Waals surface area contributed by atoms with Gasteiger partial charge in [-0.2, -0.15) is 0 Å². The first-order chi connectivity index (χ1) is 8.50. The Hall–Kier alpha value is -2.37. The normalized spacial score (nSPS) is 10.8. The van der Waals surface area contributed by atoms with Crippen molar-refractivity contribution in [3.63, 3.8) is 0 Å². The summed E-state index contributed by atoms with van der Waals surface area (Å²) < 4.78 is 6.79. The molecule has 0 saturated carbocycles. The second-order valence-corrected chi connectivity index (χ2v) is 4.07. The van der Waals surface area contributed by atoms with Gasteiger partial charge in [0.15, 0.2) is 11.4 Å². The average Bonchev–Trinajstić information content (AvgIpc) is 2.29. The zero-order valence-corrected chi connectivity index (χ0v) is 10.1. The molecule has 0 aromatic carbocycles. The van der Waals surface area contributed by atoms with Crippen LogP contribution in [0.2, 0.25) is 0 Å². The number of nitrogens with zero attached hydrogens (tertiary/aromatic N) is 2. The lowest BCUT2D eigenvalue weighted by Gasteiger charge is -2.11. The lowest BCUT2D eigenvalue weighted by molar-refractivity contribution is 0.0998. The molecule has 2 aromatic rings. The molecule has 0 aliphatic carbocycles. The number of pyridine rings is 1. The number of carbonyl (C=O) groups is 1. The van der Waals surface area contributed by atoms with Crippen molar-refractivity contribution in [1.82, 2.24) is 9.38 Å². The van der Waals surface area contributed by atoms with E-state index in [0.29, 0.717) is 11.4 Å². The van der Waals surface area contributed by atoms with Crippen LogP contribution in [0.1, 0.15) is 24.2 Å². The number of ether oxygens (including phenoxy) is 1. The van der Waals surface area contributed by atoms with Gasteiger partial charge in [-0.3, -0.25) is 14.0 Å². The maximum atomic E-state index is 12.0. The minimum Gasteiger partial charge on any atom is -0.487 e. The van der Waals surface area contributed by atoms with E-state index in [-0.39, 0.29) is 11.7 Å². The van der Waals surface area contributed by atoms with E-state index in [2.05, 4.69) is 4.98 Å². The fraction of sp³-hybridized carbons (Fsp3) is 0.250. The number of amides is 1. The predicted octanol–water partition coefficient (Wildman–Crippen LogP) is 0.581. The monoisotopic (exact) mass is 247 g/mol. The Bertz CT molecular complexity index is 661. The second kappa shape index (κ2) is 4.48. The van der Waals surface area contributed by atoms with Gasteiger partial charge >= 0.3 is 0 Å². The van der Waals surface area contributed by atoms with E-state index in [1.165, 1.54) is 16.8 Å². The van der Waals surface area contributed by atoms with Gasteiger partial charge in [-0.1, -0.05) is 0 Å². The largest absolute Gasteiger partial charge is 0.487 e. The van der Waals surface area contributed by atoms with Crippen LogP contribution in [-0.4, -0.2) is 21.4 Å². The predicted molar refractivity (Wildman–Crippen MR) is 65.7 cm³/mol. The number of primary amides is 1. The summed E-state index contributed by atoms with van der Waals surface area (Å²) in [5.41, 5.74) is 4.82. The van der Waals surface area contributed by atoms with Crippen molar-refractivity contribution in [1.29, 1.82) is 0 Å². The van der Waals surface area contributed by atoms with Gasteiger partial charge in [-0.25, -0.2) is 4.98 Å². The molecule has 0 radical (unpaired) electrons. The van der Waals surface area contributed by atoms with Gasteiger partial charge in [0.05, 0.1) is 6.10 Å². The van der Waals surface area contributed by atoms with Crippen LogP contribution < -0.4 is 16.0 Å². The summed E-state index contributed by atoms with van der Waals surface area (Å²) in [6, 6.07) is 3.37. The molecule has 6 heteroatoms. The van der Waals surface area contributed by atoms with Gasteiger partial charge in [0.25, 0.3) is 11.5 Å². The summed E-state index contributed by atoms with van der Waals surface area (Å²) in [7, 11) is 0. The molecule has 2 N–H and O–H groups in total. The highest BCUT2D eigenvalue weighted by molar-refractivity contribution is 5.92.